The highest BCUT2D eigenvalue weighted by Gasteiger charge is 2.37. The van der Waals surface area contributed by atoms with Crippen LogP contribution in [-0.4, -0.2) is 21.6 Å². The lowest BCUT2D eigenvalue weighted by molar-refractivity contribution is -0.137. The molecule has 0 bridgehead atoms. The minimum absolute atomic E-state index is 0.0389. The first-order valence-electron chi connectivity index (χ1n) is 10.4. The van der Waals surface area contributed by atoms with Crippen molar-refractivity contribution >= 4 is 40.0 Å². The second-order valence-corrected chi connectivity index (χ2v) is 8.58. The Kier molecular flexibility index (Phi) is 5.47. The first-order valence-corrected chi connectivity index (χ1v) is 10.8. The molecule has 4 aromatic rings. The Labute approximate surface area is 204 Å². The van der Waals surface area contributed by atoms with E-state index in [9.17, 15) is 31.5 Å². The van der Waals surface area contributed by atoms with Crippen molar-refractivity contribution in [1.82, 2.24) is 15.1 Å². The van der Waals surface area contributed by atoms with Gasteiger partial charge < -0.3 is 10.6 Å². The summed E-state index contributed by atoms with van der Waals surface area (Å²) < 4.78 is 68.9. The minimum Gasteiger partial charge on any atom is -0.341 e. The molecule has 1 aliphatic rings. The Morgan fingerprint density at radius 3 is 2.58 bits per heavy atom. The molecule has 2 amide bonds. The quantitative estimate of drug-likeness (QED) is 0.345. The molecule has 184 valence electrons. The number of hydrogen-bond donors (Lipinski definition) is 2. The lowest BCUT2D eigenvalue weighted by Crippen LogP contribution is -2.21. The number of rotatable bonds is 3. The summed E-state index contributed by atoms with van der Waals surface area (Å²) in [6.07, 6.45) is -3.44. The van der Waals surface area contributed by atoms with E-state index in [-0.39, 0.29) is 33.5 Å². The van der Waals surface area contributed by atoms with E-state index in [1.54, 1.807) is 7.05 Å². The van der Waals surface area contributed by atoms with Gasteiger partial charge in [0, 0.05) is 39.8 Å². The Balaban J connectivity index is 1.68. The van der Waals surface area contributed by atoms with Crippen LogP contribution < -0.4 is 10.6 Å². The van der Waals surface area contributed by atoms with Crippen LogP contribution in [0.15, 0.2) is 48.7 Å². The molecule has 12 heteroatoms. The smallest absolute Gasteiger partial charge is 0.341 e. The van der Waals surface area contributed by atoms with Gasteiger partial charge in [0.15, 0.2) is 0 Å². The molecule has 0 aliphatic carbocycles. The number of nitrogens with one attached hydrogen (secondary N) is 2. The molecule has 2 N–H and O–H groups in total. The van der Waals surface area contributed by atoms with Gasteiger partial charge in [-0.1, -0.05) is 11.6 Å². The molecule has 0 saturated heterocycles. The molecule has 5 rings (SSSR count). The molecule has 0 radical (unpaired) electrons. The van der Waals surface area contributed by atoms with Crippen molar-refractivity contribution < 1.29 is 31.5 Å². The second-order valence-electron chi connectivity index (χ2n) is 8.17. The summed E-state index contributed by atoms with van der Waals surface area (Å²) in [5.41, 5.74) is -0.918. The summed E-state index contributed by atoms with van der Waals surface area (Å²) in [5, 5.41) is 9.91. The molecule has 0 saturated carbocycles. The fourth-order valence-corrected chi connectivity index (χ4v) is 4.54. The third-order valence-corrected chi connectivity index (χ3v) is 6.20. The standard InChI is InChI=1S/C24H14ClF5N4O2/c1-34-21-11(9-31-34)6-17(32-22(35)10-4-12(24(28,29)30)7-14(27)5-10)18-19(21)23(36)33-20(18)15-8-13(26)2-3-16(15)25/h2-9,20H,1H3,(H,32,35)(H,33,36). The first-order chi connectivity index (χ1) is 16.9. The third-order valence-electron chi connectivity index (χ3n) is 5.86. The maximum atomic E-state index is 14.1. The van der Waals surface area contributed by atoms with Gasteiger partial charge in [-0.3, -0.25) is 14.3 Å². The lowest BCUT2D eigenvalue weighted by atomic mass is 9.94. The molecule has 1 aliphatic heterocycles. The molecular formula is C24H14ClF5N4O2. The van der Waals surface area contributed by atoms with Crippen molar-refractivity contribution in [2.75, 3.05) is 5.32 Å². The molecule has 1 atom stereocenters. The van der Waals surface area contributed by atoms with Crippen molar-refractivity contribution in [2.45, 2.75) is 12.2 Å². The average molecular weight is 521 g/mol. The van der Waals surface area contributed by atoms with E-state index in [0.717, 1.165) is 12.1 Å². The van der Waals surface area contributed by atoms with Crippen molar-refractivity contribution in [2.24, 2.45) is 7.05 Å². The maximum absolute atomic E-state index is 14.1. The molecule has 36 heavy (non-hydrogen) atoms. The Hall–Kier alpha value is -3.99. The predicted octanol–water partition coefficient (Wildman–Crippen LogP) is 5.61. The molecule has 3 aromatic carbocycles. The van der Waals surface area contributed by atoms with E-state index in [2.05, 4.69) is 15.7 Å². The van der Waals surface area contributed by atoms with Crippen molar-refractivity contribution in [3.63, 3.8) is 0 Å². The van der Waals surface area contributed by atoms with Gasteiger partial charge in [-0.2, -0.15) is 18.3 Å². The van der Waals surface area contributed by atoms with E-state index in [1.807, 2.05) is 0 Å². The number of fused-ring (bicyclic) bond motifs is 3. The van der Waals surface area contributed by atoms with E-state index in [0.29, 0.717) is 23.0 Å². The summed E-state index contributed by atoms with van der Waals surface area (Å²) in [6.45, 7) is 0. The highest BCUT2D eigenvalue weighted by molar-refractivity contribution is 6.31. The summed E-state index contributed by atoms with van der Waals surface area (Å²) in [5.74, 6) is -3.47. The molecule has 6 nitrogen and oxygen atoms in total. The molecule has 0 spiro atoms. The van der Waals surface area contributed by atoms with Crippen LogP contribution in [0.5, 0.6) is 0 Å². The highest BCUT2D eigenvalue weighted by Crippen LogP contribution is 2.43. The van der Waals surface area contributed by atoms with Gasteiger partial charge in [-0.15, -0.1) is 0 Å². The van der Waals surface area contributed by atoms with Gasteiger partial charge in [0.25, 0.3) is 11.8 Å². The zero-order valence-corrected chi connectivity index (χ0v) is 18.9. The van der Waals surface area contributed by atoms with Crippen LogP contribution in [0.25, 0.3) is 10.9 Å². The van der Waals surface area contributed by atoms with Crippen LogP contribution >= 0.6 is 11.6 Å². The summed E-state index contributed by atoms with van der Waals surface area (Å²) in [6, 6.07) is 5.52. The fourth-order valence-electron chi connectivity index (χ4n) is 4.32. The number of carbonyl (C=O) groups excluding carboxylic acids is 2. The van der Waals surface area contributed by atoms with E-state index >= 15 is 0 Å². The number of nitrogens with zero attached hydrogens (tertiary/aromatic N) is 2. The molecule has 2 heterocycles. The van der Waals surface area contributed by atoms with E-state index in [4.69, 9.17) is 11.6 Å². The van der Waals surface area contributed by atoms with Crippen LogP contribution in [0.2, 0.25) is 5.02 Å². The highest BCUT2D eigenvalue weighted by atomic mass is 35.5. The second kappa shape index (κ2) is 8.30. The SMILES string of the molecule is Cn1ncc2cc(NC(=O)c3cc(F)cc(C(F)(F)F)c3)c3c(c21)C(=O)NC3c1cc(F)ccc1Cl. The average Bonchev–Trinajstić information content (AvgIpc) is 3.34. The molecular weight excluding hydrogens is 507 g/mol. The van der Waals surface area contributed by atoms with Crippen LogP contribution in [-0.2, 0) is 13.2 Å². The van der Waals surface area contributed by atoms with Crippen molar-refractivity contribution in [3.05, 3.63) is 93.1 Å². The molecule has 1 unspecified atom stereocenters. The lowest BCUT2D eigenvalue weighted by Gasteiger charge is -2.18. The summed E-state index contributed by atoms with van der Waals surface area (Å²) >= 11 is 6.28. The summed E-state index contributed by atoms with van der Waals surface area (Å²) in [7, 11) is 1.60. The van der Waals surface area contributed by atoms with E-state index < -0.39 is 46.8 Å². The van der Waals surface area contributed by atoms with Crippen molar-refractivity contribution in [3.8, 4) is 0 Å². The zero-order valence-electron chi connectivity index (χ0n) is 18.2. The Bertz CT molecular complexity index is 1580. The number of carbonyl (C=O) groups is 2. The monoisotopic (exact) mass is 520 g/mol. The van der Waals surface area contributed by atoms with Gasteiger partial charge in [0.05, 0.1) is 28.9 Å². The van der Waals surface area contributed by atoms with Gasteiger partial charge in [0.1, 0.15) is 11.6 Å². The van der Waals surface area contributed by atoms with E-state index in [1.165, 1.54) is 23.0 Å². The van der Waals surface area contributed by atoms with Crippen LogP contribution in [0, 0.1) is 11.6 Å². The zero-order chi connectivity index (χ0) is 25.9. The maximum Gasteiger partial charge on any atom is 0.416 e. The molecule has 1 aromatic heterocycles. The number of benzene rings is 3. The van der Waals surface area contributed by atoms with Gasteiger partial charge in [0.2, 0.25) is 0 Å². The van der Waals surface area contributed by atoms with Crippen LogP contribution in [0.3, 0.4) is 0 Å². The minimum atomic E-state index is -4.87. The number of halogens is 6. The topological polar surface area (TPSA) is 76.0 Å². The number of anilines is 1. The number of aryl methyl sites for hydroxylation is 1. The van der Waals surface area contributed by atoms with Crippen molar-refractivity contribution in [1.29, 1.82) is 0 Å². The third kappa shape index (κ3) is 3.95. The Morgan fingerprint density at radius 2 is 1.86 bits per heavy atom. The number of alkyl halides is 3. The number of aromatic nitrogens is 2. The number of amides is 2. The summed E-state index contributed by atoms with van der Waals surface area (Å²) in [4.78, 5) is 26.0. The fraction of sp³-hybridized carbons (Fsp3) is 0.125. The van der Waals surface area contributed by atoms with Gasteiger partial charge in [-0.05, 0) is 42.5 Å². The van der Waals surface area contributed by atoms with Gasteiger partial charge >= 0.3 is 6.18 Å². The van der Waals surface area contributed by atoms with Crippen LogP contribution in [0.4, 0.5) is 27.6 Å². The normalized spacial score (nSPS) is 15.2. The number of hydrogen-bond acceptors (Lipinski definition) is 3. The van der Waals surface area contributed by atoms with Gasteiger partial charge in [-0.25, -0.2) is 8.78 Å². The van der Waals surface area contributed by atoms with Crippen LogP contribution in [0.1, 0.15) is 43.4 Å². The molecule has 0 fully saturated rings. The predicted molar refractivity (Wildman–Crippen MR) is 121 cm³/mol. The first kappa shape index (κ1) is 23.7. The largest absolute Gasteiger partial charge is 0.416 e. The Morgan fingerprint density at radius 1 is 1.11 bits per heavy atom.